The van der Waals surface area contributed by atoms with Crippen molar-refractivity contribution in [1.82, 2.24) is 9.97 Å². The summed E-state index contributed by atoms with van der Waals surface area (Å²) < 4.78 is 0. The van der Waals surface area contributed by atoms with Crippen molar-refractivity contribution in [2.75, 3.05) is 11.9 Å². The summed E-state index contributed by atoms with van der Waals surface area (Å²) in [5, 5.41) is 3.53. The summed E-state index contributed by atoms with van der Waals surface area (Å²) in [7, 11) is 0. The van der Waals surface area contributed by atoms with Crippen LogP contribution in [-0.4, -0.2) is 22.6 Å². The molecule has 1 aliphatic rings. The molecule has 1 aromatic heterocycles. The Kier molecular flexibility index (Phi) is 4.74. The highest BCUT2D eigenvalue weighted by atomic mass is 15.0. The first-order valence-corrected chi connectivity index (χ1v) is 6.67. The first kappa shape index (κ1) is 12.3. The van der Waals surface area contributed by atoms with E-state index in [0.29, 0.717) is 12.6 Å². The number of nitrogens with zero attached hydrogens (tertiary/aromatic N) is 2. The molecule has 4 nitrogen and oxygen atoms in total. The van der Waals surface area contributed by atoms with Crippen LogP contribution in [0.3, 0.4) is 0 Å². The van der Waals surface area contributed by atoms with Gasteiger partial charge in [0.15, 0.2) is 0 Å². The first-order valence-electron chi connectivity index (χ1n) is 6.67. The van der Waals surface area contributed by atoms with Crippen LogP contribution in [0, 0.1) is 0 Å². The Labute approximate surface area is 103 Å². The van der Waals surface area contributed by atoms with Crippen LogP contribution in [0.4, 0.5) is 5.82 Å². The van der Waals surface area contributed by atoms with Crippen molar-refractivity contribution in [2.45, 2.75) is 51.0 Å². The van der Waals surface area contributed by atoms with Gasteiger partial charge in [0.05, 0.1) is 0 Å². The zero-order valence-corrected chi connectivity index (χ0v) is 10.4. The Bertz CT molecular complexity index is 332. The van der Waals surface area contributed by atoms with Gasteiger partial charge in [-0.25, -0.2) is 9.97 Å². The Balaban J connectivity index is 1.94. The molecule has 0 bridgehead atoms. The zero-order chi connectivity index (χ0) is 11.9. The van der Waals surface area contributed by atoms with Gasteiger partial charge in [-0.1, -0.05) is 25.7 Å². The maximum atomic E-state index is 5.52. The second-order valence-electron chi connectivity index (χ2n) is 4.73. The Morgan fingerprint density at radius 3 is 2.71 bits per heavy atom. The molecule has 1 heterocycles. The van der Waals surface area contributed by atoms with Crippen LogP contribution in [0.25, 0.3) is 0 Å². The van der Waals surface area contributed by atoms with Gasteiger partial charge in [0, 0.05) is 18.7 Å². The van der Waals surface area contributed by atoms with Crippen LogP contribution < -0.4 is 11.1 Å². The average Bonchev–Trinajstić information content (AvgIpc) is 2.59. The lowest BCUT2D eigenvalue weighted by atomic mass is 10.1. The summed E-state index contributed by atoms with van der Waals surface area (Å²) in [5.74, 6) is 1.79. The van der Waals surface area contributed by atoms with Crippen LogP contribution in [0.15, 0.2) is 12.3 Å². The molecule has 1 aliphatic carbocycles. The smallest absolute Gasteiger partial charge is 0.131 e. The predicted octanol–water partition coefficient (Wildman–Crippen LogP) is 2.11. The minimum Gasteiger partial charge on any atom is -0.367 e. The molecule has 0 aromatic carbocycles. The van der Waals surface area contributed by atoms with Gasteiger partial charge in [-0.15, -0.1) is 0 Å². The molecule has 0 saturated heterocycles. The van der Waals surface area contributed by atoms with E-state index in [-0.39, 0.29) is 0 Å². The molecule has 4 heteroatoms. The van der Waals surface area contributed by atoms with Gasteiger partial charge in [-0.2, -0.15) is 0 Å². The van der Waals surface area contributed by atoms with E-state index >= 15 is 0 Å². The number of hydrogen-bond acceptors (Lipinski definition) is 4. The van der Waals surface area contributed by atoms with Crippen LogP contribution in [0.5, 0.6) is 0 Å². The summed E-state index contributed by atoms with van der Waals surface area (Å²) in [6.45, 7) is 0.604. The Hall–Kier alpha value is -1.16. The quantitative estimate of drug-likeness (QED) is 0.783. The lowest BCUT2D eigenvalue weighted by Crippen LogP contribution is -2.19. The normalized spacial score (nSPS) is 17.7. The molecule has 0 atom stereocenters. The summed E-state index contributed by atoms with van der Waals surface area (Å²) >= 11 is 0. The number of nitrogens with one attached hydrogen (secondary N) is 1. The van der Waals surface area contributed by atoms with E-state index in [4.69, 9.17) is 5.73 Å². The molecule has 1 saturated carbocycles. The number of anilines is 1. The fourth-order valence-electron chi connectivity index (χ4n) is 2.36. The van der Waals surface area contributed by atoms with Crippen molar-refractivity contribution in [1.29, 1.82) is 0 Å². The van der Waals surface area contributed by atoms with E-state index in [9.17, 15) is 0 Å². The number of nitrogens with two attached hydrogens (primary N) is 1. The lowest BCUT2D eigenvalue weighted by Gasteiger charge is -2.16. The molecule has 0 unspecified atom stereocenters. The van der Waals surface area contributed by atoms with Crippen LogP contribution in [-0.2, 0) is 6.42 Å². The molecular weight excluding hydrogens is 212 g/mol. The SMILES string of the molecule is NCCc1nccc(NC2CCCCCC2)n1. The van der Waals surface area contributed by atoms with Gasteiger partial charge in [0.1, 0.15) is 11.6 Å². The molecule has 0 amide bonds. The molecule has 0 radical (unpaired) electrons. The van der Waals surface area contributed by atoms with Crippen LogP contribution in [0.1, 0.15) is 44.3 Å². The number of hydrogen-bond donors (Lipinski definition) is 2. The topological polar surface area (TPSA) is 63.8 Å². The second-order valence-corrected chi connectivity index (χ2v) is 4.73. The highest BCUT2D eigenvalue weighted by molar-refractivity contribution is 5.34. The molecule has 17 heavy (non-hydrogen) atoms. The third kappa shape index (κ3) is 3.97. The van der Waals surface area contributed by atoms with E-state index in [1.165, 1.54) is 38.5 Å². The van der Waals surface area contributed by atoms with Crippen molar-refractivity contribution in [2.24, 2.45) is 5.73 Å². The zero-order valence-electron chi connectivity index (χ0n) is 10.4. The second kappa shape index (κ2) is 6.55. The summed E-state index contributed by atoms with van der Waals surface area (Å²) in [6.07, 6.45) is 10.5. The van der Waals surface area contributed by atoms with Crippen molar-refractivity contribution in [3.05, 3.63) is 18.1 Å². The van der Waals surface area contributed by atoms with Gasteiger partial charge in [-0.3, -0.25) is 0 Å². The molecule has 1 fully saturated rings. The molecule has 0 aliphatic heterocycles. The molecular formula is C13H22N4. The molecule has 0 spiro atoms. The third-order valence-corrected chi connectivity index (χ3v) is 3.28. The van der Waals surface area contributed by atoms with Crippen LogP contribution >= 0.6 is 0 Å². The minimum absolute atomic E-state index is 0.582. The molecule has 1 aromatic rings. The van der Waals surface area contributed by atoms with Crippen molar-refractivity contribution < 1.29 is 0 Å². The van der Waals surface area contributed by atoms with Crippen molar-refractivity contribution >= 4 is 5.82 Å². The monoisotopic (exact) mass is 234 g/mol. The van der Waals surface area contributed by atoms with Crippen LogP contribution in [0.2, 0.25) is 0 Å². The van der Waals surface area contributed by atoms with Gasteiger partial charge in [0.25, 0.3) is 0 Å². The summed E-state index contributed by atoms with van der Waals surface area (Å²) in [5.41, 5.74) is 5.52. The third-order valence-electron chi connectivity index (χ3n) is 3.28. The molecule has 3 N–H and O–H groups in total. The summed E-state index contributed by atoms with van der Waals surface area (Å²) in [4.78, 5) is 8.69. The Morgan fingerprint density at radius 1 is 1.24 bits per heavy atom. The van der Waals surface area contributed by atoms with Gasteiger partial charge in [-0.05, 0) is 25.5 Å². The van der Waals surface area contributed by atoms with E-state index in [2.05, 4.69) is 15.3 Å². The van der Waals surface area contributed by atoms with Crippen molar-refractivity contribution in [3.8, 4) is 0 Å². The molecule has 2 rings (SSSR count). The fraction of sp³-hybridized carbons (Fsp3) is 0.692. The standard InChI is InChI=1S/C13H22N4/c14-9-7-12-15-10-8-13(17-12)16-11-5-3-1-2-4-6-11/h8,10-11H,1-7,9,14H2,(H,15,16,17). The number of aromatic nitrogens is 2. The highest BCUT2D eigenvalue weighted by Gasteiger charge is 2.12. The minimum atomic E-state index is 0.582. The van der Waals surface area contributed by atoms with Gasteiger partial charge in [0.2, 0.25) is 0 Å². The highest BCUT2D eigenvalue weighted by Crippen LogP contribution is 2.20. The van der Waals surface area contributed by atoms with Crippen molar-refractivity contribution in [3.63, 3.8) is 0 Å². The lowest BCUT2D eigenvalue weighted by molar-refractivity contribution is 0.616. The maximum Gasteiger partial charge on any atom is 0.131 e. The van der Waals surface area contributed by atoms with E-state index in [0.717, 1.165) is 18.1 Å². The number of rotatable bonds is 4. The fourth-order valence-corrected chi connectivity index (χ4v) is 2.36. The largest absolute Gasteiger partial charge is 0.367 e. The maximum absolute atomic E-state index is 5.52. The van der Waals surface area contributed by atoms with E-state index in [1.54, 1.807) is 0 Å². The van der Waals surface area contributed by atoms with E-state index < -0.39 is 0 Å². The average molecular weight is 234 g/mol. The van der Waals surface area contributed by atoms with E-state index in [1.807, 2.05) is 12.3 Å². The first-order chi connectivity index (χ1) is 8.38. The molecule has 94 valence electrons. The van der Waals surface area contributed by atoms with Gasteiger partial charge < -0.3 is 11.1 Å². The summed E-state index contributed by atoms with van der Waals surface area (Å²) in [6, 6.07) is 2.53. The van der Waals surface area contributed by atoms with Gasteiger partial charge >= 0.3 is 0 Å². The Morgan fingerprint density at radius 2 is 2.00 bits per heavy atom. The predicted molar refractivity (Wildman–Crippen MR) is 69.9 cm³/mol.